The molecule has 0 saturated carbocycles. The van der Waals surface area contributed by atoms with Crippen molar-refractivity contribution in [1.82, 2.24) is 9.13 Å². The van der Waals surface area contributed by atoms with E-state index in [0.29, 0.717) is 0 Å². The standard InChI is InChI=1S/C60H38N2O/c1-3-16-39(17-4-1)41-20-15-21-44(36-41)61-53-27-12-9-24-47(53)49-32-30-42(37-56(49)61)43-31-33-50-48-25-10-13-28-54(48)62(57(50)38-43)55-35-34-51(59-52-26-11-14-29-58(52)63-60(55)59)46-23-8-7-22-45(46)40-18-5-2-6-19-40/h1-38H. The van der Waals surface area contributed by atoms with Gasteiger partial charge in [-0.25, -0.2) is 0 Å². The lowest BCUT2D eigenvalue weighted by Gasteiger charge is -2.15. The van der Waals surface area contributed by atoms with E-state index < -0.39 is 0 Å². The summed E-state index contributed by atoms with van der Waals surface area (Å²) in [7, 11) is 0. The molecule has 13 rings (SSSR count). The Bertz CT molecular complexity index is 3900. The highest BCUT2D eigenvalue weighted by Gasteiger charge is 2.22. The first-order valence-corrected chi connectivity index (χ1v) is 21.6. The number of fused-ring (bicyclic) bond motifs is 9. The van der Waals surface area contributed by atoms with Crippen molar-refractivity contribution in [2.45, 2.75) is 0 Å². The average Bonchev–Trinajstić information content (AvgIpc) is 4.02. The van der Waals surface area contributed by atoms with Crippen molar-refractivity contribution < 1.29 is 4.42 Å². The molecule has 63 heavy (non-hydrogen) atoms. The zero-order chi connectivity index (χ0) is 41.4. The average molecular weight is 803 g/mol. The van der Waals surface area contributed by atoms with Gasteiger partial charge in [-0.05, 0) is 93.0 Å². The minimum atomic E-state index is 0.869. The second kappa shape index (κ2) is 14.1. The van der Waals surface area contributed by atoms with Gasteiger partial charge in [-0.1, -0.05) is 182 Å². The van der Waals surface area contributed by atoms with Crippen LogP contribution >= 0.6 is 0 Å². The van der Waals surface area contributed by atoms with Crippen LogP contribution in [0.2, 0.25) is 0 Å². The van der Waals surface area contributed by atoms with Gasteiger partial charge in [0.1, 0.15) is 5.58 Å². The molecule has 3 heteroatoms. The Kier molecular flexibility index (Phi) is 7.91. The summed E-state index contributed by atoms with van der Waals surface area (Å²) in [5, 5.41) is 7.09. The smallest absolute Gasteiger partial charge is 0.160 e. The molecule has 3 heterocycles. The van der Waals surface area contributed by atoms with Crippen molar-refractivity contribution in [3.8, 4) is 55.9 Å². The molecule has 0 bridgehead atoms. The van der Waals surface area contributed by atoms with Crippen LogP contribution in [-0.4, -0.2) is 9.13 Å². The lowest BCUT2D eigenvalue weighted by Crippen LogP contribution is -1.96. The van der Waals surface area contributed by atoms with Gasteiger partial charge in [0.2, 0.25) is 0 Å². The third-order valence-corrected chi connectivity index (χ3v) is 12.9. The van der Waals surface area contributed by atoms with Crippen LogP contribution in [-0.2, 0) is 0 Å². The first-order chi connectivity index (χ1) is 31.3. The predicted molar refractivity (Wildman–Crippen MR) is 264 cm³/mol. The van der Waals surface area contributed by atoms with Crippen molar-refractivity contribution >= 4 is 65.6 Å². The number of benzene rings is 10. The van der Waals surface area contributed by atoms with E-state index in [9.17, 15) is 0 Å². The van der Waals surface area contributed by atoms with Gasteiger partial charge >= 0.3 is 0 Å². The lowest BCUT2D eigenvalue weighted by molar-refractivity contribution is 0.666. The summed E-state index contributed by atoms with van der Waals surface area (Å²) in [6.45, 7) is 0. The molecular formula is C60H38N2O. The summed E-state index contributed by atoms with van der Waals surface area (Å²) in [5.41, 5.74) is 17.9. The predicted octanol–water partition coefficient (Wildman–Crippen LogP) is 16.4. The van der Waals surface area contributed by atoms with E-state index in [-0.39, 0.29) is 0 Å². The summed E-state index contributed by atoms with van der Waals surface area (Å²) >= 11 is 0. The van der Waals surface area contributed by atoms with Crippen LogP contribution in [0.3, 0.4) is 0 Å². The Morgan fingerprint density at radius 2 is 0.810 bits per heavy atom. The first kappa shape index (κ1) is 35.4. The molecule has 294 valence electrons. The third kappa shape index (κ3) is 5.53. The van der Waals surface area contributed by atoms with E-state index in [0.717, 1.165) is 61.0 Å². The van der Waals surface area contributed by atoms with Gasteiger partial charge in [0.15, 0.2) is 5.58 Å². The van der Waals surface area contributed by atoms with Crippen LogP contribution in [0.25, 0.3) is 121 Å². The quantitative estimate of drug-likeness (QED) is 0.164. The molecule has 0 atom stereocenters. The molecule has 0 N–H and O–H groups in total. The summed E-state index contributed by atoms with van der Waals surface area (Å²) in [6, 6.07) is 83.3. The zero-order valence-corrected chi connectivity index (χ0v) is 34.2. The summed E-state index contributed by atoms with van der Waals surface area (Å²) in [5.74, 6) is 0. The van der Waals surface area contributed by atoms with Crippen molar-refractivity contribution in [1.29, 1.82) is 0 Å². The number of furan rings is 1. The fourth-order valence-electron chi connectivity index (χ4n) is 10.1. The molecule has 0 spiro atoms. The largest absolute Gasteiger partial charge is 0.454 e. The van der Waals surface area contributed by atoms with E-state index in [4.69, 9.17) is 4.42 Å². The summed E-state index contributed by atoms with van der Waals surface area (Å²) < 4.78 is 11.8. The number of aromatic nitrogens is 2. The van der Waals surface area contributed by atoms with E-state index in [1.54, 1.807) is 0 Å². The molecular weight excluding hydrogens is 765 g/mol. The molecule has 0 aliphatic rings. The number of rotatable bonds is 6. The minimum Gasteiger partial charge on any atom is -0.454 e. The molecule has 10 aromatic carbocycles. The second-order valence-corrected chi connectivity index (χ2v) is 16.4. The van der Waals surface area contributed by atoms with Crippen LogP contribution in [0.1, 0.15) is 0 Å². The lowest BCUT2D eigenvalue weighted by atomic mass is 9.91. The Morgan fingerprint density at radius 3 is 1.52 bits per heavy atom. The first-order valence-electron chi connectivity index (χ1n) is 21.6. The second-order valence-electron chi connectivity index (χ2n) is 16.4. The van der Waals surface area contributed by atoms with Gasteiger partial charge in [0.25, 0.3) is 0 Å². The Morgan fingerprint density at radius 1 is 0.286 bits per heavy atom. The molecule has 0 amide bonds. The minimum absolute atomic E-state index is 0.869. The number of hydrogen-bond donors (Lipinski definition) is 0. The van der Waals surface area contributed by atoms with Crippen LogP contribution in [0, 0.1) is 0 Å². The maximum atomic E-state index is 6.97. The third-order valence-electron chi connectivity index (χ3n) is 12.9. The number of hydrogen-bond acceptors (Lipinski definition) is 1. The van der Waals surface area contributed by atoms with Gasteiger partial charge in [-0.15, -0.1) is 0 Å². The maximum Gasteiger partial charge on any atom is 0.160 e. The van der Waals surface area contributed by atoms with Crippen LogP contribution < -0.4 is 0 Å². The van der Waals surface area contributed by atoms with Gasteiger partial charge in [0.05, 0.1) is 27.8 Å². The molecule has 0 aliphatic heterocycles. The molecule has 0 saturated heterocycles. The Hall–Kier alpha value is -8.40. The molecule has 0 aliphatic carbocycles. The van der Waals surface area contributed by atoms with Crippen molar-refractivity contribution in [3.05, 3.63) is 231 Å². The van der Waals surface area contributed by atoms with Crippen LogP contribution in [0.15, 0.2) is 235 Å². The van der Waals surface area contributed by atoms with Crippen molar-refractivity contribution in [2.75, 3.05) is 0 Å². The highest BCUT2D eigenvalue weighted by molar-refractivity contribution is 6.18. The molecule has 3 aromatic heterocycles. The number of nitrogens with zero attached hydrogens (tertiary/aromatic N) is 2. The monoisotopic (exact) mass is 802 g/mol. The van der Waals surface area contributed by atoms with E-state index >= 15 is 0 Å². The van der Waals surface area contributed by atoms with Gasteiger partial charge in [-0.3, -0.25) is 0 Å². The zero-order valence-electron chi connectivity index (χ0n) is 34.2. The van der Waals surface area contributed by atoms with Crippen molar-refractivity contribution in [3.63, 3.8) is 0 Å². The molecule has 3 nitrogen and oxygen atoms in total. The van der Waals surface area contributed by atoms with Crippen LogP contribution in [0.4, 0.5) is 0 Å². The highest BCUT2D eigenvalue weighted by atomic mass is 16.3. The highest BCUT2D eigenvalue weighted by Crippen LogP contribution is 2.45. The fraction of sp³-hybridized carbons (Fsp3) is 0. The van der Waals surface area contributed by atoms with E-state index in [2.05, 4.69) is 240 Å². The van der Waals surface area contributed by atoms with E-state index in [1.165, 1.54) is 60.4 Å². The van der Waals surface area contributed by atoms with Gasteiger partial charge in [-0.2, -0.15) is 0 Å². The summed E-state index contributed by atoms with van der Waals surface area (Å²) in [6.07, 6.45) is 0. The van der Waals surface area contributed by atoms with Crippen LogP contribution in [0.5, 0.6) is 0 Å². The summed E-state index contributed by atoms with van der Waals surface area (Å²) in [4.78, 5) is 0. The topological polar surface area (TPSA) is 23.0 Å². The van der Waals surface area contributed by atoms with E-state index in [1.807, 2.05) is 0 Å². The van der Waals surface area contributed by atoms with Crippen molar-refractivity contribution in [2.24, 2.45) is 0 Å². The normalized spacial score (nSPS) is 11.8. The molecule has 13 aromatic rings. The maximum absolute atomic E-state index is 6.97. The number of para-hydroxylation sites is 3. The molecule has 0 unspecified atom stereocenters. The Balaban J connectivity index is 1.03. The molecule has 0 radical (unpaired) electrons. The fourth-order valence-corrected chi connectivity index (χ4v) is 10.1. The SMILES string of the molecule is c1ccc(-c2cccc(-n3c4ccccc4c4ccc(-c5ccc6c7ccccc7n(-c7ccc(-c8ccccc8-c8ccccc8)c8c7oc7ccccc78)c6c5)cc43)c2)cc1. The Labute approximate surface area is 363 Å². The molecule has 0 fully saturated rings. The van der Waals surface area contributed by atoms with Gasteiger partial charge in [0, 0.05) is 38.0 Å². The van der Waals surface area contributed by atoms with Gasteiger partial charge < -0.3 is 13.6 Å².